The second kappa shape index (κ2) is 6.58. The second-order valence-electron chi connectivity index (χ2n) is 5.59. The van der Waals surface area contributed by atoms with Crippen LogP contribution in [0.15, 0.2) is 54.6 Å². The molecule has 0 spiro atoms. The molecule has 1 aromatic heterocycles. The first-order chi connectivity index (χ1) is 11.2. The summed E-state index contributed by atoms with van der Waals surface area (Å²) in [6.45, 7) is 2.05. The van der Waals surface area contributed by atoms with Crippen molar-refractivity contribution in [3.05, 3.63) is 65.7 Å². The fourth-order valence-corrected chi connectivity index (χ4v) is 2.71. The number of aromatic nitrogens is 1. The highest BCUT2D eigenvalue weighted by Gasteiger charge is 2.09. The number of benzene rings is 2. The summed E-state index contributed by atoms with van der Waals surface area (Å²) in [6, 6.07) is 18.1. The number of rotatable bonds is 4. The maximum atomic E-state index is 11.3. The lowest BCUT2D eigenvalue weighted by atomic mass is 10.00. The van der Waals surface area contributed by atoms with Gasteiger partial charge in [0.05, 0.1) is 11.2 Å². The van der Waals surface area contributed by atoms with Gasteiger partial charge in [0.1, 0.15) is 0 Å². The number of carbonyl (C=O) groups is 1. The molecule has 2 aromatic carbocycles. The minimum atomic E-state index is -0.386. The summed E-state index contributed by atoms with van der Waals surface area (Å²) < 4.78 is 0. The lowest BCUT2D eigenvalue weighted by Crippen LogP contribution is -2.18. The molecule has 0 aliphatic carbocycles. The number of para-hydroxylation sites is 1. The summed E-state index contributed by atoms with van der Waals surface area (Å²) in [5, 5.41) is 9.71. The van der Waals surface area contributed by atoms with Crippen molar-refractivity contribution >= 4 is 16.8 Å². The number of hydroxylamine groups is 1. The highest BCUT2D eigenvalue weighted by atomic mass is 16.5. The Morgan fingerprint density at radius 1 is 1.13 bits per heavy atom. The van der Waals surface area contributed by atoms with Gasteiger partial charge in [-0.1, -0.05) is 42.0 Å². The number of aryl methyl sites for hydroxylation is 2. The van der Waals surface area contributed by atoms with Gasteiger partial charge in [0.25, 0.3) is 0 Å². The zero-order valence-corrected chi connectivity index (χ0v) is 12.9. The molecule has 0 bridgehead atoms. The van der Waals surface area contributed by atoms with Crippen LogP contribution in [0.5, 0.6) is 0 Å². The van der Waals surface area contributed by atoms with Crippen molar-refractivity contribution in [3.8, 4) is 11.3 Å². The molecule has 116 valence electrons. The number of hydrogen-bond acceptors (Lipinski definition) is 3. The number of amides is 1. The van der Waals surface area contributed by atoms with Crippen molar-refractivity contribution in [1.82, 2.24) is 10.5 Å². The Kier molecular flexibility index (Phi) is 4.35. The Labute approximate surface area is 134 Å². The van der Waals surface area contributed by atoms with Crippen LogP contribution in [0.4, 0.5) is 0 Å². The van der Waals surface area contributed by atoms with Crippen LogP contribution < -0.4 is 5.48 Å². The molecule has 0 saturated heterocycles. The third-order valence-electron chi connectivity index (χ3n) is 3.86. The highest BCUT2D eigenvalue weighted by Crippen LogP contribution is 2.26. The minimum Gasteiger partial charge on any atom is -0.289 e. The summed E-state index contributed by atoms with van der Waals surface area (Å²) in [5.74, 6) is -0.386. The van der Waals surface area contributed by atoms with Crippen molar-refractivity contribution in [3.63, 3.8) is 0 Å². The van der Waals surface area contributed by atoms with Crippen LogP contribution >= 0.6 is 0 Å². The lowest BCUT2D eigenvalue weighted by molar-refractivity contribution is -0.129. The first-order valence-electron chi connectivity index (χ1n) is 7.56. The number of nitrogens with one attached hydrogen (secondary N) is 1. The SMILES string of the molecule is Cc1cccc(-c2cc(CCC(=O)NO)c3ccccc3n2)c1. The first kappa shape index (κ1) is 15.2. The first-order valence-corrected chi connectivity index (χ1v) is 7.56. The van der Waals surface area contributed by atoms with E-state index in [0.29, 0.717) is 6.42 Å². The molecular weight excluding hydrogens is 288 g/mol. The molecular formula is C19H18N2O2. The number of pyridine rings is 1. The van der Waals surface area contributed by atoms with Gasteiger partial charge in [-0.05, 0) is 37.1 Å². The summed E-state index contributed by atoms with van der Waals surface area (Å²) in [6.07, 6.45) is 0.784. The fourth-order valence-electron chi connectivity index (χ4n) is 2.71. The third-order valence-corrected chi connectivity index (χ3v) is 3.86. The Hall–Kier alpha value is -2.72. The van der Waals surface area contributed by atoms with Crippen molar-refractivity contribution in [1.29, 1.82) is 0 Å². The second-order valence-corrected chi connectivity index (χ2v) is 5.59. The minimum absolute atomic E-state index is 0.234. The fraction of sp³-hybridized carbons (Fsp3) is 0.158. The van der Waals surface area contributed by atoms with Gasteiger partial charge in [-0.2, -0.15) is 0 Å². The van der Waals surface area contributed by atoms with E-state index in [0.717, 1.165) is 27.7 Å². The molecule has 0 fully saturated rings. The topological polar surface area (TPSA) is 62.2 Å². The van der Waals surface area contributed by atoms with Gasteiger partial charge in [0.2, 0.25) is 5.91 Å². The Balaban J connectivity index is 2.08. The van der Waals surface area contributed by atoms with Crippen LogP contribution in [0.3, 0.4) is 0 Å². The molecule has 4 heteroatoms. The number of fused-ring (bicyclic) bond motifs is 1. The van der Waals surface area contributed by atoms with E-state index in [4.69, 9.17) is 10.2 Å². The maximum Gasteiger partial charge on any atom is 0.243 e. The van der Waals surface area contributed by atoms with E-state index in [1.54, 1.807) is 5.48 Å². The van der Waals surface area contributed by atoms with E-state index in [9.17, 15) is 4.79 Å². The number of carbonyl (C=O) groups excluding carboxylic acids is 1. The summed E-state index contributed by atoms with van der Waals surface area (Å²) >= 11 is 0. The van der Waals surface area contributed by atoms with Crippen LogP contribution in [0.1, 0.15) is 17.5 Å². The van der Waals surface area contributed by atoms with Crippen LogP contribution in [-0.4, -0.2) is 16.1 Å². The molecule has 1 amide bonds. The van der Waals surface area contributed by atoms with Gasteiger partial charge in [-0.15, -0.1) is 0 Å². The van der Waals surface area contributed by atoms with E-state index >= 15 is 0 Å². The molecule has 1 heterocycles. The zero-order valence-electron chi connectivity index (χ0n) is 12.9. The molecule has 3 rings (SSSR count). The quantitative estimate of drug-likeness (QED) is 0.571. The summed E-state index contributed by atoms with van der Waals surface area (Å²) in [7, 11) is 0. The number of nitrogens with zero attached hydrogens (tertiary/aromatic N) is 1. The molecule has 0 saturated carbocycles. The molecule has 3 aromatic rings. The molecule has 2 N–H and O–H groups in total. The zero-order chi connectivity index (χ0) is 16.2. The van der Waals surface area contributed by atoms with Crippen molar-refractivity contribution in [2.75, 3.05) is 0 Å². The van der Waals surface area contributed by atoms with E-state index in [-0.39, 0.29) is 12.3 Å². The lowest BCUT2D eigenvalue weighted by Gasteiger charge is -2.10. The maximum absolute atomic E-state index is 11.3. The molecule has 23 heavy (non-hydrogen) atoms. The van der Waals surface area contributed by atoms with Crippen LogP contribution in [-0.2, 0) is 11.2 Å². The average molecular weight is 306 g/mol. The van der Waals surface area contributed by atoms with Crippen molar-refractivity contribution in [2.24, 2.45) is 0 Å². The van der Waals surface area contributed by atoms with Crippen LogP contribution in [0.2, 0.25) is 0 Å². The monoisotopic (exact) mass is 306 g/mol. The molecule has 0 unspecified atom stereocenters. The van der Waals surface area contributed by atoms with Gasteiger partial charge in [0, 0.05) is 17.4 Å². The number of hydrogen-bond donors (Lipinski definition) is 2. The van der Waals surface area contributed by atoms with Crippen molar-refractivity contribution in [2.45, 2.75) is 19.8 Å². The standard InChI is InChI=1S/C19H18N2O2/c1-13-5-4-6-15(11-13)18-12-14(9-10-19(22)21-23)16-7-2-3-8-17(16)20-18/h2-8,11-12,23H,9-10H2,1H3,(H,21,22). The van der Waals surface area contributed by atoms with E-state index in [1.165, 1.54) is 5.56 Å². The third kappa shape index (κ3) is 3.38. The van der Waals surface area contributed by atoms with Gasteiger partial charge in [-0.3, -0.25) is 10.0 Å². The van der Waals surface area contributed by atoms with Gasteiger partial charge in [-0.25, -0.2) is 10.5 Å². The Morgan fingerprint density at radius 3 is 2.74 bits per heavy atom. The molecule has 0 atom stereocenters. The Morgan fingerprint density at radius 2 is 1.96 bits per heavy atom. The van der Waals surface area contributed by atoms with E-state index < -0.39 is 0 Å². The predicted molar refractivity (Wildman–Crippen MR) is 90.2 cm³/mol. The molecule has 4 nitrogen and oxygen atoms in total. The van der Waals surface area contributed by atoms with Gasteiger partial charge >= 0.3 is 0 Å². The highest BCUT2D eigenvalue weighted by molar-refractivity contribution is 5.86. The largest absolute Gasteiger partial charge is 0.289 e. The molecule has 0 radical (unpaired) electrons. The van der Waals surface area contributed by atoms with E-state index in [1.807, 2.05) is 42.5 Å². The summed E-state index contributed by atoms with van der Waals surface area (Å²) in [5.41, 5.74) is 6.78. The van der Waals surface area contributed by atoms with Gasteiger partial charge < -0.3 is 0 Å². The normalized spacial score (nSPS) is 10.7. The average Bonchev–Trinajstić information content (AvgIpc) is 2.59. The smallest absolute Gasteiger partial charge is 0.243 e. The Bertz CT molecular complexity index is 859. The van der Waals surface area contributed by atoms with Crippen LogP contribution in [0, 0.1) is 6.92 Å². The molecule has 0 aliphatic heterocycles. The summed E-state index contributed by atoms with van der Waals surface area (Å²) in [4.78, 5) is 16.1. The predicted octanol–water partition coefficient (Wildman–Crippen LogP) is 3.65. The molecule has 0 aliphatic rings. The van der Waals surface area contributed by atoms with Crippen molar-refractivity contribution < 1.29 is 10.0 Å². The van der Waals surface area contributed by atoms with Crippen LogP contribution in [0.25, 0.3) is 22.2 Å². The van der Waals surface area contributed by atoms with E-state index in [2.05, 4.69) is 19.1 Å². The van der Waals surface area contributed by atoms with Gasteiger partial charge in [0.15, 0.2) is 0 Å².